The molecule has 0 heterocycles. The van der Waals surface area contributed by atoms with Gasteiger partial charge in [-0.05, 0) is 43.4 Å². The van der Waals surface area contributed by atoms with Gasteiger partial charge in [0, 0.05) is 24.4 Å². The van der Waals surface area contributed by atoms with Gasteiger partial charge in [-0.25, -0.2) is 0 Å². The largest absolute Gasteiger partial charge is 0.355 e. The van der Waals surface area contributed by atoms with Gasteiger partial charge in [0.1, 0.15) is 0 Å². The standard InChI is InChI=1S/C17H24N2O.ClH/c1-2-18-10-11-19-16(20)15-12-17(15)9-5-7-13-6-3-4-8-14(13)17;/h3-4,6,8,15,18H,2,5,7,9-12H2,1H3,(H,19,20);1H. The number of halogens is 1. The maximum Gasteiger partial charge on any atom is 0.224 e. The Morgan fingerprint density at radius 1 is 1.33 bits per heavy atom. The van der Waals surface area contributed by atoms with Crippen LogP contribution >= 0.6 is 12.4 Å². The monoisotopic (exact) mass is 308 g/mol. The lowest BCUT2D eigenvalue weighted by Crippen LogP contribution is -2.35. The Morgan fingerprint density at radius 2 is 2.14 bits per heavy atom. The first-order valence-corrected chi connectivity index (χ1v) is 7.85. The fraction of sp³-hybridized carbons (Fsp3) is 0.588. The van der Waals surface area contributed by atoms with Crippen LogP contribution in [0.25, 0.3) is 0 Å². The Bertz CT molecular complexity index is 505. The number of aryl methyl sites for hydroxylation is 1. The van der Waals surface area contributed by atoms with Gasteiger partial charge in [-0.1, -0.05) is 31.2 Å². The summed E-state index contributed by atoms with van der Waals surface area (Å²) in [6.07, 6.45) is 4.61. The first kappa shape index (κ1) is 16.3. The molecular weight excluding hydrogens is 284 g/mol. The van der Waals surface area contributed by atoms with Crippen LogP contribution in [0.5, 0.6) is 0 Å². The molecule has 2 N–H and O–H groups in total. The molecule has 21 heavy (non-hydrogen) atoms. The molecule has 0 saturated heterocycles. The summed E-state index contributed by atoms with van der Waals surface area (Å²) >= 11 is 0. The Kier molecular flexibility index (Phi) is 5.28. The summed E-state index contributed by atoms with van der Waals surface area (Å²) < 4.78 is 0. The Morgan fingerprint density at radius 3 is 2.95 bits per heavy atom. The number of amides is 1. The van der Waals surface area contributed by atoms with E-state index in [0.717, 1.165) is 26.1 Å². The second-order valence-corrected chi connectivity index (χ2v) is 6.07. The zero-order valence-electron chi connectivity index (χ0n) is 12.7. The highest BCUT2D eigenvalue weighted by molar-refractivity contribution is 5.85. The van der Waals surface area contributed by atoms with Crippen LogP contribution in [0.15, 0.2) is 24.3 Å². The number of fused-ring (bicyclic) bond motifs is 2. The van der Waals surface area contributed by atoms with Crippen molar-refractivity contribution < 1.29 is 4.79 Å². The van der Waals surface area contributed by atoms with Gasteiger partial charge in [-0.3, -0.25) is 4.79 Å². The quantitative estimate of drug-likeness (QED) is 0.820. The summed E-state index contributed by atoms with van der Waals surface area (Å²) in [7, 11) is 0. The molecule has 3 nitrogen and oxygen atoms in total. The van der Waals surface area contributed by atoms with E-state index in [1.165, 1.54) is 30.4 Å². The molecule has 1 aromatic rings. The van der Waals surface area contributed by atoms with Crippen molar-refractivity contribution in [3.63, 3.8) is 0 Å². The third-order valence-corrected chi connectivity index (χ3v) is 4.87. The summed E-state index contributed by atoms with van der Waals surface area (Å²) in [5.41, 5.74) is 3.07. The highest BCUT2D eigenvalue weighted by atomic mass is 35.5. The molecular formula is C17H25ClN2O. The predicted molar refractivity (Wildman–Crippen MR) is 88.0 cm³/mol. The molecule has 1 saturated carbocycles. The first-order valence-electron chi connectivity index (χ1n) is 7.85. The topological polar surface area (TPSA) is 41.1 Å². The van der Waals surface area contributed by atoms with Crippen LogP contribution < -0.4 is 10.6 Å². The zero-order valence-corrected chi connectivity index (χ0v) is 13.5. The van der Waals surface area contributed by atoms with Crippen molar-refractivity contribution in [1.82, 2.24) is 10.6 Å². The fourth-order valence-corrected chi connectivity index (χ4v) is 3.75. The van der Waals surface area contributed by atoms with Gasteiger partial charge in [0.25, 0.3) is 0 Å². The summed E-state index contributed by atoms with van der Waals surface area (Å²) in [6.45, 7) is 4.63. The van der Waals surface area contributed by atoms with Crippen LogP contribution in [-0.2, 0) is 16.6 Å². The number of likely N-dealkylation sites (N-methyl/N-ethyl adjacent to an activating group) is 1. The number of benzene rings is 1. The molecule has 0 bridgehead atoms. The molecule has 3 rings (SSSR count). The molecule has 1 amide bonds. The lowest BCUT2D eigenvalue weighted by Gasteiger charge is -2.26. The maximum absolute atomic E-state index is 12.3. The second kappa shape index (κ2) is 6.80. The van der Waals surface area contributed by atoms with E-state index < -0.39 is 0 Å². The third kappa shape index (κ3) is 3.09. The number of hydrogen-bond acceptors (Lipinski definition) is 2. The number of carbonyl (C=O) groups is 1. The minimum atomic E-state index is 0. The third-order valence-electron chi connectivity index (χ3n) is 4.87. The van der Waals surface area contributed by atoms with Crippen molar-refractivity contribution in [3.05, 3.63) is 35.4 Å². The minimum Gasteiger partial charge on any atom is -0.355 e. The summed E-state index contributed by atoms with van der Waals surface area (Å²) in [5.74, 6) is 0.449. The van der Waals surface area contributed by atoms with Crippen LogP contribution in [0.1, 0.15) is 37.3 Å². The summed E-state index contributed by atoms with van der Waals surface area (Å²) in [4.78, 5) is 12.3. The first-order chi connectivity index (χ1) is 9.78. The highest BCUT2D eigenvalue weighted by Gasteiger charge is 2.59. The molecule has 0 radical (unpaired) electrons. The van der Waals surface area contributed by atoms with Gasteiger partial charge in [0.15, 0.2) is 0 Å². The predicted octanol–water partition coefficient (Wildman–Crippen LogP) is 2.43. The van der Waals surface area contributed by atoms with Gasteiger partial charge < -0.3 is 10.6 Å². The van der Waals surface area contributed by atoms with Crippen LogP contribution in [0.3, 0.4) is 0 Å². The van der Waals surface area contributed by atoms with Crippen molar-refractivity contribution in [1.29, 1.82) is 0 Å². The smallest absolute Gasteiger partial charge is 0.224 e. The van der Waals surface area contributed by atoms with E-state index in [2.05, 4.69) is 41.8 Å². The van der Waals surface area contributed by atoms with Crippen molar-refractivity contribution in [3.8, 4) is 0 Å². The minimum absolute atomic E-state index is 0. The van der Waals surface area contributed by atoms with Gasteiger partial charge in [-0.15, -0.1) is 12.4 Å². The number of rotatable bonds is 5. The van der Waals surface area contributed by atoms with Gasteiger partial charge >= 0.3 is 0 Å². The zero-order chi connectivity index (χ0) is 14.0. The normalized spacial score (nSPS) is 25.9. The van der Waals surface area contributed by atoms with E-state index in [-0.39, 0.29) is 29.6 Å². The fourth-order valence-electron chi connectivity index (χ4n) is 3.75. The van der Waals surface area contributed by atoms with Crippen LogP contribution in [0.4, 0.5) is 0 Å². The molecule has 2 aliphatic carbocycles. The Hall–Kier alpha value is -1.06. The lowest BCUT2D eigenvalue weighted by molar-refractivity contribution is -0.122. The van der Waals surface area contributed by atoms with E-state index in [1.807, 2.05) is 0 Å². The van der Waals surface area contributed by atoms with Crippen molar-refractivity contribution in [2.75, 3.05) is 19.6 Å². The van der Waals surface area contributed by atoms with E-state index in [9.17, 15) is 4.79 Å². The molecule has 1 aromatic carbocycles. The Labute approximate surface area is 133 Å². The summed E-state index contributed by atoms with van der Waals surface area (Å²) in [6, 6.07) is 8.70. The van der Waals surface area contributed by atoms with E-state index in [1.54, 1.807) is 0 Å². The Balaban J connectivity index is 0.00000161. The van der Waals surface area contributed by atoms with E-state index in [0.29, 0.717) is 0 Å². The number of carbonyl (C=O) groups excluding carboxylic acids is 1. The van der Waals surface area contributed by atoms with E-state index >= 15 is 0 Å². The molecule has 0 aromatic heterocycles. The molecule has 2 aliphatic rings. The second-order valence-electron chi connectivity index (χ2n) is 6.07. The highest BCUT2D eigenvalue weighted by Crippen LogP contribution is 2.60. The van der Waals surface area contributed by atoms with Crippen molar-refractivity contribution in [2.45, 2.75) is 38.0 Å². The van der Waals surface area contributed by atoms with Crippen molar-refractivity contribution >= 4 is 18.3 Å². The van der Waals surface area contributed by atoms with Crippen LogP contribution in [-0.4, -0.2) is 25.5 Å². The molecule has 2 atom stereocenters. The van der Waals surface area contributed by atoms with E-state index in [4.69, 9.17) is 0 Å². The lowest BCUT2D eigenvalue weighted by atomic mass is 9.78. The maximum atomic E-state index is 12.3. The van der Waals surface area contributed by atoms with Gasteiger partial charge in [0.2, 0.25) is 5.91 Å². The average Bonchev–Trinajstić information content (AvgIpc) is 3.19. The van der Waals surface area contributed by atoms with Gasteiger partial charge in [0.05, 0.1) is 0 Å². The van der Waals surface area contributed by atoms with Crippen LogP contribution in [0.2, 0.25) is 0 Å². The molecule has 1 spiro atoms. The molecule has 0 aliphatic heterocycles. The molecule has 116 valence electrons. The summed E-state index contributed by atoms with van der Waals surface area (Å²) in [5, 5.41) is 6.32. The van der Waals surface area contributed by atoms with Crippen molar-refractivity contribution in [2.24, 2.45) is 5.92 Å². The van der Waals surface area contributed by atoms with Crippen LogP contribution in [0, 0.1) is 5.92 Å². The SMILES string of the molecule is CCNCCNC(=O)C1CC12CCCc1ccccc12.Cl. The molecule has 2 unspecified atom stereocenters. The average molecular weight is 309 g/mol. The molecule has 1 fully saturated rings. The molecule has 4 heteroatoms. The number of nitrogens with one attached hydrogen (secondary N) is 2. The van der Waals surface area contributed by atoms with Gasteiger partial charge in [-0.2, -0.15) is 0 Å². The number of hydrogen-bond donors (Lipinski definition) is 2.